The highest BCUT2D eigenvalue weighted by molar-refractivity contribution is 5.73. The van der Waals surface area contributed by atoms with Gasteiger partial charge in [0.05, 0.1) is 11.5 Å². The molecule has 1 aliphatic heterocycles. The second-order valence-electron chi connectivity index (χ2n) is 5.52. The van der Waals surface area contributed by atoms with Crippen molar-refractivity contribution < 1.29 is 14.6 Å². The van der Waals surface area contributed by atoms with Gasteiger partial charge in [-0.1, -0.05) is 19.1 Å². The molecule has 1 aromatic rings. The highest BCUT2D eigenvalue weighted by Crippen LogP contribution is 2.26. The number of aromatic nitrogens is 2. The Kier molecular flexibility index (Phi) is 4.04. The third-order valence-corrected chi connectivity index (χ3v) is 3.84. The van der Waals surface area contributed by atoms with Gasteiger partial charge >= 0.3 is 0 Å². The number of hydrogen-bond donors (Lipinski definition) is 2. The number of nitrogens with one attached hydrogen (secondary N) is 1. The van der Waals surface area contributed by atoms with E-state index in [0.717, 1.165) is 34.9 Å². The van der Waals surface area contributed by atoms with Gasteiger partial charge in [-0.05, 0) is 31.6 Å². The van der Waals surface area contributed by atoms with Crippen LogP contribution >= 0.6 is 0 Å². The van der Waals surface area contributed by atoms with Gasteiger partial charge in [-0.25, -0.2) is 0 Å². The van der Waals surface area contributed by atoms with Gasteiger partial charge in [0.2, 0.25) is 6.79 Å². The first-order valence-electron chi connectivity index (χ1n) is 7.43. The SMILES string of the molecule is CC1=C(/C=C\C(C)c2cc(C3=CCCC(O)=C3)n[nH]2)OCO1. The van der Waals surface area contributed by atoms with E-state index in [1.807, 2.05) is 25.1 Å². The van der Waals surface area contributed by atoms with E-state index in [4.69, 9.17) is 9.47 Å². The van der Waals surface area contributed by atoms with Crippen molar-refractivity contribution >= 4 is 5.57 Å². The van der Waals surface area contributed by atoms with Crippen molar-refractivity contribution in [3.05, 3.63) is 59.0 Å². The van der Waals surface area contributed by atoms with Crippen LogP contribution in [0.1, 0.15) is 44.0 Å². The molecular formula is C17H20N2O3. The Morgan fingerprint density at radius 3 is 3.00 bits per heavy atom. The average molecular weight is 300 g/mol. The van der Waals surface area contributed by atoms with Crippen LogP contribution in [0.5, 0.6) is 0 Å². The van der Waals surface area contributed by atoms with E-state index in [1.165, 1.54) is 0 Å². The van der Waals surface area contributed by atoms with E-state index in [2.05, 4.69) is 23.2 Å². The zero-order valence-corrected chi connectivity index (χ0v) is 12.8. The molecule has 2 N–H and O–H groups in total. The van der Waals surface area contributed by atoms with Crippen LogP contribution in [0.4, 0.5) is 0 Å². The molecule has 1 unspecified atom stereocenters. The van der Waals surface area contributed by atoms with E-state index >= 15 is 0 Å². The van der Waals surface area contributed by atoms with Gasteiger partial charge in [0.25, 0.3) is 0 Å². The van der Waals surface area contributed by atoms with Gasteiger partial charge < -0.3 is 14.6 Å². The number of ether oxygens (including phenoxy) is 2. The van der Waals surface area contributed by atoms with Crippen molar-refractivity contribution in [1.29, 1.82) is 0 Å². The van der Waals surface area contributed by atoms with Gasteiger partial charge in [-0.15, -0.1) is 0 Å². The molecule has 1 aromatic heterocycles. The summed E-state index contributed by atoms with van der Waals surface area (Å²) < 4.78 is 10.6. The van der Waals surface area contributed by atoms with E-state index in [-0.39, 0.29) is 12.7 Å². The van der Waals surface area contributed by atoms with Gasteiger partial charge in [0.15, 0.2) is 5.76 Å². The smallest absolute Gasteiger partial charge is 0.230 e. The number of aliphatic hydroxyl groups excluding tert-OH is 1. The van der Waals surface area contributed by atoms with Gasteiger partial charge in [0, 0.05) is 23.6 Å². The number of aliphatic hydroxyl groups is 1. The lowest BCUT2D eigenvalue weighted by atomic mass is 10.0. The fraction of sp³-hybridized carbons (Fsp3) is 0.353. The zero-order valence-electron chi connectivity index (χ0n) is 12.8. The van der Waals surface area contributed by atoms with E-state index in [0.29, 0.717) is 12.2 Å². The van der Waals surface area contributed by atoms with Crippen molar-refractivity contribution in [1.82, 2.24) is 10.2 Å². The van der Waals surface area contributed by atoms with Crippen LogP contribution in [-0.2, 0) is 9.47 Å². The second-order valence-corrected chi connectivity index (χ2v) is 5.52. The molecule has 0 saturated heterocycles. The normalized spacial score (nSPS) is 19.7. The van der Waals surface area contributed by atoms with Crippen molar-refractivity contribution in [3.63, 3.8) is 0 Å². The maximum Gasteiger partial charge on any atom is 0.230 e. The molecule has 0 saturated carbocycles. The molecule has 5 nitrogen and oxygen atoms in total. The zero-order chi connectivity index (χ0) is 15.5. The molecule has 2 heterocycles. The van der Waals surface area contributed by atoms with Crippen LogP contribution in [0.3, 0.4) is 0 Å². The number of aromatic amines is 1. The van der Waals surface area contributed by atoms with Crippen LogP contribution in [0.15, 0.2) is 47.6 Å². The summed E-state index contributed by atoms with van der Waals surface area (Å²) in [5.74, 6) is 2.17. The molecule has 0 fully saturated rings. The third-order valence-electron chi connectivity index (χ3n) is 3.84. The first-order valence-corrected chi connectivity index (χ1v) is 7.43. The van der Waals surface area contributed by atoms with Crippen LogP contribution in [-0.4, -0.2) is 22.1 Å². The molecule has 1 atom stereocenters. The highest BCUT2D eigenvalue weighted by Gasteiger charge is 2.13. The molecule has 0 aromatic carbocycles. The molecule has 22 heavy (non-hydrogen) atoms. The maximum absolute atomic E-state index is 9.63. The summed E-state index contributed by atoms with van der Waals surface area (Å²) in [5.41, 5.74) is 2.84. The van der Waals surface area contributed by atoms with Gasteiger partial charge in [-0.2, -0.15) is 5.10 Å². The Hall–Kier alpha value is -2.43. The van der Waals surface area contributed by atoms with Crippen molar-refractivity contribution in [2.24, 2.45) is 0 Å². The Labute approximate surface area is 129 Å². The second kappa shape index (κ2) is 6.13. The summed E-state index contributed by atoms with van der Waals surface area (Å²) in [6.45, 7) is 4.26. The van der Waals surface area contributed by atoms with Crippen LogP contribution < -0.4 is 0 Å². The summed E-state index contributed by atoms with van der Waals surface area (Å²) in [4.78, 5) is 0. The minimum atomic E-state index is 0.174. The monoisotopic (exact) mass is 300 g/mol. The molecule has 0 radical (unpaired) electrons. The Balaban J connectivity index is 1.72. The summed E-state index contributed by atoms with van der Waals surface area (Å²) in [5, 5.41) is 17.0. The molecular weight excluding hydrogens is 280 g/mol. The molecule has 116 valence electrons. The van der Waals surface area contributed by atoms with E-state index in [1.54, 1.807) is 6.08 Å². The molecule has 3 rings (SSSR count). The molecule has 2 aliphatic rings. The lowest BCUT2D eigenvalue weighted by Crippen LogP contribution is -1.91. The lowest BCUT2D eigenvalue weighted by molar-refractivity contribution is 0.0750. The van der Waals surface area contributed by atoms with Gasteiger partial charge in [-0.3, -0.25) is 5.10 Å². The molecule has 0 bridgehead atoms. The topological polar surface area (TPSA) is 67.4 Å². The molecule has 5 heteroatoms. The first-order chi connectivity index (χ1) is 10.6. The van der Waals surface area contributed by atoms with E-state index < -0.39 is 0 Å². The third kappa shape index (κ3) is 3.08. The first kappa shape index (κ1) is 14.5. The summed E-state index contributed by atoms with van der Waals surface area (Å²) in [6.07, 6.45) is 9.41. The Bertz CT molecular complexity index is 680. The summed E-state index contributed by atoms with van der Waals surface area (Å²) in [6, 6.07) is 2.02. The van der Waals surface area contributed by atoms with Crippen molar-refractivity contribution in [2.45, 2.75) is 32.6 Å². The number of H-pyrrole nitrogens is 1. The van der Waals surface area contributed by atoms with Gasteiger partial charge in [0.1, 0.15) is 5.76 Å². The van der Waals surface area contributed by atoms with Crippen molar-refractivity contribution in [2.75, 3.05) is 6.79 Å². The Morgan fingerprint density at radius 2 is 2.27 bits per heavy atom. The minimum absolute atomic E-state index is 0.174. The number of hydrogen-bond acceptors (Lipinski definition) is 4. The lowest BCUT2D eigenvalue weighted by Gasteiger charge is -2.06. The van der Waals surface area contributed by atoms with Crippen molar-refractivity contribution in [3.8, 4) is 0 Å². The van der Waals surface area contributed by atoms with Crippen LogP contribution in [0, 0.1) is 0 Å². The average Bonchev–Trinajstić information content (AvgIpc) is 3.14. The predicted octanol–water partition coefficient (Wildman–Crippen LogP) is 3.92. The summed E-state index contributed by atoms with van der Waals surface area (Å²) in [7, 11) is 0. The fourth-order valence-electron chi connectivity index (χ4n) is 2.44. The largest absolute Gasteiger partial charge is 0.512 e. The Morgan fingerprint density at radius 1 is 1.41 bits per heavy atom. The standard InChI is InChI=1S/C17H20N2O3/c1-11(6-7-17-12(2)21-10-22-17)15-9-16(19-18-15)13-4-3-5-14(20)8-13/h4,6-9,11,20H,3,5,10H2,1-2H3,(H,18,19)/b7-6-. The molecule has 1 aliphatic carbocycles. The molecule has 0 amide bonds. The van der Waals surface area contributed by atoms with Crippen LogP contribution in [0.2, 0.25) is 0 Å². The molecule has 0 spiro atoms. The number of nitrogens with zero attached hydrogens (tertiary/aromatic N) is 1. The number of rotatable bonds is 4. The van der Waals surface area contributed by atoms with Crippen LogP contribution in [0.25, 0.3) is 5.57 Å². The maximum atomic E-state index is 9.63. The summed E-state index contributed by atoms with van der Waals surface area (Å²) >= 11 is 0. The highest BCUT2D eigenvalue weighted by atomic mass is 16.7. The fourth-order valence-corrected chi connectivity index (χ4v) is 2.44. The predicted molar refractivity (Wildman–Crippen MR) is 83.8 cm³/mol. The number of allylic oxidation sites excluding steroid dienone is 7. The minimum Gasteiger partial charge on any atom is -0.512 e. The van der Waals surface area contributed by atoms with E-state index in [9.17, 15) is 5.11 Å². The quantitative estimate of drug-likeness (QED) is 0.884.